The van der Waals surface area contributed by atoms with E-state index in [1.165, 1.54) is 0 Å². The second-order valence-corrected chi connectivity index (χ2v) is 11.4. The van der Waals surface area contributed by atoms with Gasteiger partial charge in [-0.15, -0.1) is 0 Å². The third kappa shape index (κ3) is 4.91. The van der Waals surface area contributed by atoms with Crippen molar-refractivity contribution in [1.82, 2.24) is 19.3 Å². The smallest absolute Gasteiger partial charge is 0.241 e. The predicted molar refractivity (Wildman–Crippen MR) is 137 cm³/mol. The Hall–Kier alpha value is -3.03. The molecule has 0 spiro atoms. The highest BCUT2D eigenvalue weighted by molar-refractivity contribution is 7.89. The summed E-state index contributed by atoms with van der Waals surface area (Å²) in [5.41, 5.74) is 6.04. The van der Waals surface area contributed by atoms with Gasteiger partial charge in [-0.05, 0) is 63.4 Å². The van der Waals surface area contributed by atoms with Crippen molar-refractivity contribution in [3.05, 3.63) is 77.2 Å². The number of rotatable bonds is 6. The fourth-order valence-electron chi connectivity index (χ4n) is 4.25. The molecule has 2 aromatic heterocycles. The lowest BCUT2D eigenvalue weighted by atomic mass is 10.0. The molecule has 34 heavy (non-hydrogen) atoms. The zero-order valence-corrected chi connectivity index (χ0v) is 21.5. The number of fused-ring (bicyclic) bond motifs is 1. The Bertz CT molecular complexity index is 1450. The van der Waals surface area contributed by atoms with Crippen molar-refractivity contribution in [2.75, 3.05) is 0 Å². The van der Waals surface area contributed by atoms with Gasteiger partial charge in [0.05, 0.1) is 11.4 Å². The summed E-state index contributed by atoms with van der Waals surface area (Å²) in [6.07, 6.45) is 0.818. The van der Waals surface area contributed by atoms with Crippen molar-refractivity contribution in [2.45, 2.75) is 64.9 Å². The van der Waals surface area contributed by atoms with Gasteiger partial charge in [0.1, 0.15) is 11.3 Å². The van der Waals surface area contributed by atoms with Crippen LogP contribution in [0.15, 0.2) is 59.5 Å². The van der Waals surface area contributed by atoms with Gasteiger partial charge in [-0.2, -0.15) is 0 Å². The SMILES string of the molecule is CCc1nc2c(C)cc(C)nc2n1Cc1ccc(-c2ccccc2S(=O)(=O)NC(C)(C)C)cc1. The number of benzene rings is 2. The molecule has 0 aliphatic rings. The number of nitrogens with one attached hydrogen (secondary N) is 1. The lowest BCUT2D eigenvalue weighted by Crippen LogP contribution is -2.40. The van der Waals surface area contributed by atoms with E-state index in [2.05, 4.69) is 29.2 Å². The number of hydrogen-bond acceptors (Lipinski definition) is 4. The predicted octanol–water partition coefficient (Wildman–Crippen LogP) is 5.40. The van der Waals surface area contributed by atoms with Crippen LogP contribution in [-0.4, -0.2) is 28.5 Å². The van der Waals surface area contributed by atoms with Crippen LogP contribution in [0.3, 0.4) is 0 Å². The topological polar surface area (TPSA) is 76.9 Å². The van der Waals surface area contributed by atoms with Crippen molar-refractivity contribution in [1.29, 1.82) is 0 Å². The van der Waals surface area contributed by atoms with E-state index in [1.54, 1.807) is 12.1 Å². The van der Waals surface area contributed by atoms with Crippen molar-refractivity contribution in [3.63, 3.8) is 0 Å². The lowest BCUT2D eigenvalue weighted by Gasteiger charge is -2.21. The minimum atomic E-state index is -3.66. The van der Waals surface area contributed by atoms with Crippen molar-refractivity contribution in [3.8, 4) is 11.1 Å². The zero-order valence-electron chi connectivity index (χ0n) is 20.7. The van der Waals surface area contributed by atoms with E-state index >= 15 is 0 Å². The normalized spacial score (nSPS) is 12.4. The van der Waals surface area contributed by atoms with Crippen molar-refractivity contribution in [2.24, 2.45) is 0 Å². The molecular formula is C27H32N4O2S. The second-order valence-electron chi connectivity index (χ2n) is 9.77. The summed E-state index contributed by atoms with van der Waals surface area (Å²) in [6.45, 7) is 12.3. The molecule has 1 N–H and O–H groups in total. The van der Waals surface area contributed by atoms with Gasteiger partial charge in [-0.3, -0.25) is 0 Å². The molecule has 0 bridgehead atoms. The fourth-order valence-corrected chi connectivity index (χ4v) is 5.90. The Balaban J connectivity index is 1.69. The molecule has 0 fully saturated rings. The summed E-state index contributed by atoms with van der Waals surface area (Å²) in [5, 5.41) is 0. The van der Waals surface area contributed by atoms with E-state index < -0.39 is 15.6 Å². The van der Waals surface area contributed by atoms with Crippen molar-refractivity contribution >= 4 is 21.2 Å². The second kappa shape index (κ2) is 8.96. The Labute approximate surface area is 202 Å². The molecule has 0 aliphatic heterocycles. The number of hydrogen-bond donors (Lipinski definition) is 1. The molecule has 0 saturated carbocycles. The first-order valence-electron chi connectivity index (χ1n) is 11.5. The summed E-state index contributed by atoms with van der Waals surface area (Å²) in [5.74, 6) is 1.00. The van der Waals surface area contributed by atoms with Crippen LogP contribution in [0.4, 0.5) is 0 Å². The molecule has 0 unspecified atom stereocenters. The highest BCUT2D eigenvalue weighted by Gasteiger charge is 2.24. The van der Waals surface area contributed by atoms with Crippen LogP contribution in [0.25, 0.3) is 22.3 Å². The van der Waals surface area contributed by atoms with Crippen LogP contribution >= 0.6 is 0 Å². The Morgan fingerprint density at radius 2 is 1.65 bits per heavy atom. The fraction of sp³-hybridized carbons (Fsp3) is 0.333. The van der Waals surface area contributed by atoms with Crippen LogP contribution in [0.5, 0.6) is 0 Å². The minimum absolute atomic E-state index is 0.279. The van der Waals surface area contributed by atoms with Gasteiger partial charge in [-0.25, -0.2) is 23.1 Å². The van der Waals surface area contributed by atoms with E-state index in [-0.39, 0.29) is 4.90 Å². The molecule has 2 heterocycles. The molecule has 0 aliphatic carbocycles. The largest absolute Gasteiger partial charge is 0.308 e. The monoisotopic (exact) mass is 476 g/mol. The molecule has 0 amide bonds. The zero-order chi connectivity index (χ0) is 24.7. The Kier molecular flexibility index (Phi) is 6.36. The first-order chi connectivity index (χ1) is 16.0. The molecule has 0 radical (unpaired) electrons. The standard InChI is InChI=1S/C27H32N4O2S/c1-7-24-29-25-18(2)16-19(3)28-26(25)31(24)17-20-12-14-21(15-13-20)22-10-8-9-11-23(22)34(32,33)30-27(4,5)6/h8-16,30H,7,17H2,1-6H3. The summed E-state index contributed by atoms with van der Waals surface area (Å²) in [4.78, 5) is 9.87. The molecule has 178 valence electrons. The first kappa shape index (κ1) is 24.1. The summed E-state index contributed by atoms with van der Waals surface area (Å²) in [7, 11) is -3.66. The maximum atomic E-state index is 13.0. The molecule has 7 heteroatoms. The van der Waals surface area contributed by atoms with E-state index in [1.807, 2.05) is 64.1 Å². The van der Waals surface area contributed by atoms with Gasteiger partial charge in [-0.1, -0.05) is 49.4 Å². The maximum Gasteiger partial charge on any atom is 0.241 e. The molecule has 4 aromatic rings. The van der Waals surface area contributed by atoms with E-state index in [0.29, 0.717) is 12.1 Å². The van der Waals surface area contributed by atoms with Gasteiger partial charge in [0, 0.05) is 23.2 Å². The maximum absolute atomic E-state index is 13.0. The van der Waals surface area contributed by atoms with Gasteiger partial charge in [0.25, 0.3) is 0 Å². The molecule has 2 aromatic carbocycles. The van der Waals surface area contributed by atoms with Gasteiger partial charge < -0.3 is 4.57 Å². The number of aryl methyl sites for hydroxylation is 3. The Morgan fingerprint density at radius 1 is 0.971 bits per heavy atom. The quantitative estimate of drug-likeness (QED) is 0.404. The third-order valence-corrected chi connectivity index (χ3v) is 7.46. The highest BCUT2D eigenvalue weighted by Crippen LogP contribution is 2.29. The summed E-state index contributed by atoms with van der Waals surface area (Å²) >= 11 is 0. The Morgan fingerprint density at radius 3 is 2.29 bits per heavy atom. The summed E-state index contributed by atoms with van der Waals surface area (Å²) < 4.78 is 31.0. The molecule has 6 nitrogen and oxygen atoms in total. The van der Waals surface area contributed by atoms with Crippen LogP contribution in [0.2, 0.25) is 0 Å². The van der Waals surface area contributed by atoms with Crippen LogP contribution in [0, 0.1) is 13.8 Å². The third-order valence-electron chi connectivity index (χ3n) is 5.64. The van der Waals surface area contributed by atoms with Gasteiger partial charge in [0.2, 0.25) is 10.0 Å². The van der Waals surface area contributed by atoms with E-state index in [9.17, 15) is 8.42 Å². The highest BCUT2D eigenvalue weighted by atomic mass is 32.2. The van der Waals surface area contributed by atoms with Gasteiger partial charge in [0.15, 0.2) is 5.65 Å². The molecule has 4 rings (SSSR count). The van der Waals surface area contributed by atoms with Crippen molar-refractivity contribution < 1.29 is 8.42 Å². The minimum Gasteiger partial charge on any atom is -0.308 e. The van der Waals surface area contributed by atoms with Crippen LogP contribution in [0.1, 0.15) is 50.3 Å². The van der Waals surface area contributed by atoms with E-state index in [0.717, 1.165) is 45.8 Å². The number of sulfonamides is 1. The number of pyridine rings is 1. The average molecular weight is 477 g/mol. The number of aromatic nitrogens is 3. The first-order valence-corrected chi connectivity index (χ1v) is 13.0. The van der Waals surface area contributed by atoms with Crippen LogP contribution in [-0.2, 0) is 23.0 Å². The summed E-state index contributed by atoms with van der Waals surface area (Å²) in [6, 6.07) is 17.2. The molecule has 0 atom stereocenters. The molecule has 0 saturated heterocycles. The molecular weight excluding hydrogens is 444 g/mol. The van der Waals surface area contributed by atoms with E-state index in [4.69, 9.17) is 9.97 Å². The number of nitrogens with zero attached hydrogens (tertiary/aromatic N) is 3. The lowest BCUT2D eigenvalue weighted by molar-refractivity contribution is 0.491. The van der Waals surface area contributed by atoms with Gasteiger partial charge >= 0.3 is 0 Å². The van der Waals surface area contributed by atoms with Crippen LogP contribution < -0.4 is 4.72 Å². The average Bonchev–Trinajstić information content (AvgIpc) is 3.10. The number of imidazole rings is 1.